The van der Waals surface area contributed by atoms with Gasteiger partial charge in [0, 0.05) is 29.6 Å². The highest BCUT2D eigenvalue weighted by Gasteiger charge is 2.16. The second-order valence-corrected chi connectivity index (χ2v) is 6.29. The maximum atomic E-state index is 4.68. The highest BCUT2D eigenvalue weighted by atomic mass is 32.2. The lowest BCUT2D eigenvalue weighted by molar-refractivity contribution is 0.504. The zero-order valence-corrected chi connectivity index (χ0v) is 14.2. The summed E-state index contributed by atoms with van der Waals surface area (Å²) in [5.74, 6) is 0. The number of hydrogen-bond acceptors (Lipinski definition) is 3. The molecule has 2 rings (SSSR count). The number of aromatic nitrogens is 2. The Morgan fingerprint density at radius 3 is 2.62 bits per heavy atom. The van der Waals surface area contributed by atoms with E-state index >= 15 is 0 Å². The summed E-state index contributed by atoms with van der Waals surface area (Å²) >= 11 is 1.80. The Hall–Kier alpha value is -1.26. The zero-order chi connectivity index (χ0) is 15.2. The summed E-state index contributed by atoms with van der Waals surface area (Å²) in [4.78, 5) is 1.34. The van der Waals surface area contributed by atoms with Crippen molar-refractivity contribution in [3.63, 3.8) is 0 Å². The SMILES string of the molecule is CCNC(Cc1ccn(C(C)C)n1)c1ccccc1SC. The minimum absolute atomic E-state index is 0.314. The number of hydrogen-bond donors (Lipinski definition) is 1. The van der Waals surface area contributed by atoms with E-state index in [1.165, 1.54) is 10.5 Å². The van der Waals surface area contributed by atoms with Gasteiger partial charge < -0.3 is 5.32 Å². The lowest BCUT2D eigenvalue weighted by Crippen LogP contribution is -2.23. The third-order valence-corrected chi connectivity index (χ3v) is 4.38. The van der Waals surface area contributed by atoms with Crippen LogP contribution in [0.1, 0.15) is 44.1 Å². The van der Waals surface area contributed by atoms with Gasteiger partial charge in [0.2, 0.25) is 0 Å². The summed E-state index contributed by atoms with van der Waals surface area (Å²) in [7, 11) is 0. The Balaban J connectivity index is 2.22. The van der Waals surface area contributed by atoms with E-state index in [0.717, 1.165) is 18.7 Å². The van der Waals surface area contributed by atoms with Gasteiger partial charge in [0.1, 0.15) is 0 Å². The molecule has 0 fully saturated rings. The van der Waals surface area contributed by atoms with Crippen LogP contribution in [-0.2, 0) is 6.42 Å². The second-order valence-electron chi connectivity index (χ2n) is 5.44. The van der Waals surface area contributed by atoms with E-state index in [4.69, 9.17) is 0 Å². The maximum absolute atomic E-state index is 4.68. The van der Waals surface area contributed by atoms with Gasteiger partial charge in [-0.1, -0.05) is 25.1 Å². The first-order valence-corrected chi connectivity index (χ1v) is 8.78. The van der Waals surface area contributed by atoms with Crippen LogP contribution in [0.15, 0.2) is 41.4 Å². The zero-order valence-electron chi connectivity index (χ0n) is 13.3. The van der Waals surface area contributed by atoms with Gasteiger partial charge in [-0.3, -0.25) is 4.68 Å². The monoisotopic (exact) mass is 303 g/mol. The van der Waals surface area contributed by atoms with Crippen LogP contribution in [0.25, 0.3) is 0 Å². The number of likely N-dealkylation sites (N-methyl/N-ethyl adjacent to an activating group) is 1. The first-order chi connectivity index (χ1) is 10.2. The minimum Gasteiger partial charge on any atom is -0.310 e. The van der Waals surface area contributed by atoms with E-state index in [9.17, 15) is 0 Å². The van der Waals surface area contributed by atoms with Crippen LogP contribution < -0.4 is 5.32 Å². The molecule has 1 unspecified atom stereocenters. The number of nitrogens with zero attached hydrogens (tertiary/aromatic N) is 2. The van der Waals surface area contributed by atoms with Gasteiger partial charge >= 0.3 is 0 Å². The number of nitrogens with one attached hydrogen (secondary N) is 1. The predicted molar refractivity (Wildman–Crippen MR) is 91.0 cm³/mol. The van der Waals surface area contributed by atoms with Crippen LogP contribution in [0.4, 0.5) is 0 Å². The molecule has 0 saturated heterocycles. The van der Waals surface area contributed by atoms with Crippen molar-refractivity contribution in [3.05, 3.63) is 47.8 Å². The van der Waals surface area contributed by atoms with E-state index in [1.54, 1.807) is 11.8 Å². The van der Waals surface area contributed by atoms with Gasteiger partial charge in [-0.25, -0.2) is 0 Å². The molecule has 21 heavy (non-hydrogen) atoms. The fraction of sp³-hybridized carbons (Fsp3) is 0.471. The number of thioether (sulfide) groups is 1. The Kier molecular flexibility index (Phi) is 5.88. The normalized spacial score (nSPS) is 12.8. The molecule has 0 aliphatic carbocycles. The Morgan fingerprint density at radius 1 is 1.24 bits per heavy atom. The molecule has 1 atom stereocenters. The van der Waals surface area contributed by atoms with Crippen molar-refractivity contribution in [2.24, 2.45) is 0 Å². The van der Waals surface area contributed by atoms with E-state index < -0.39 is 0 Å². The van der Waals surface area contributed by atoms with E-state index in [2.05, 4.69) is 74.0 Å². The summed E-state index contributed by atoms with van der Waals surface area (Å²) in [6.07, 6.45) is 5.13. The molecule has 0 aliphatic heterocycles. The first-order valence-electron chi connectivity index (χ1n) is 7.56. The summed E-state index contributed by atoms with van der Waals surface area (Å²) in [5.41, 5.74) is 2.51. The molecule has 0 aliphatic rings. The van der Waals surface area contributed by atoms with E-state index in [0.29, 0.717) is 12.1 Å². The van der Waals surface area contributed by atoms with Gasteiger partial charge in [-0.2, -0.15) is 5.10 Å². The standard InChI is InChI=1S/C17H25N3S/c1-5-18-16(15-8-6-7-9-17(15)21-4)12-14-10-11-20(19-14)13(2)3/h6-11,13,16,18H,5,12H2,1-4H3. The number of rotatable bonds is 7. The van der Waals surface area contributed by atoms with Gasteiger partial charge in [-0.15, -0.1) is 11.8 Å². The minimum atomic E-state index is 0.314. The number of benzene rings is 1. The van der Waals surface area contributed by atoms with E-state index in [-0.39, 0.29) is 0 Å². The van der Waals surface area contributed by atoms with Crippen molar-refractivity contribution < 1.29 is 0 Å². The Bertz CT molecular complexity index is 563. The first kappa shape index (κ1) is 16.1. The predicted octanol–water partition coefficient (Wildman–Crippen LogP) is 4.08. The summed E-state index contributed by atoms with van der Waals surface area (Å²) in [6, 6.07) is 11.5. The van der Waals surface area contributed by atoms with Crippen molar-refractivity contribution in [1.82, 2.24) is 15.1 Å². The molecule has 1 heterocycles. The van der Waals surface area contributed by atoms with Crippen LogP contribution in [0, 0.1) is 0 Å². The quantitative estimate of drug-likeness (QED) is 0.782. The fourth-order valence-corrected chi connectivity index (χ4v) is 3.14. The fourth-order valence-electron chi connectivity index (χ4n) is 2.48. The summed E-state index contributed by atoms with van der Waals surface area (Å²) < 4.78 is 2.03. The van der Waals surface area contributed by atoms with Crippen molar-refractivity contribution in [2.75, 3.05) is 12.8 Å². The van der Waals surface area contributed by atoms with Crippen LogP contribution in [-0.4, -0.2) is 22.6 Å². The molecule has 0 amide bonds. The van der Waals surface area contributed by atoms with Gasteiger partial charge in [0.15, 0.2) is 0 Å². The summed E-state index contributed by atoms with van der Waals surface area (Å²) in [5, 5.41) is 8.28. The maximum Gasteiger partial charge on any atom is 0.0643 e. The molecule has 1 N–H and O–H groups in total. The molecule has 0 saturated carbocycles. The lowest BCUT2D eigenvalue weighted by atomic mass is 10.0. The molecule has 2 aromatic rings. The molecule has 1 aromatic carbocycles. The molecular formula is C17H25N3S. The van der Waals surface area contributed by atoms with Gasteiger partial charge in [0.25, 0.3) is 0 Å². The molecule has 114 valence electrons. The average Bonchev–Trinajstić information content (AvgIpc) is 2.95. The van der Waals surface area contributed by atoms with E-state index in [1.807, 2.05) is 4.68 Å². The largest absolute Gasteiger partial charge is 0.310 e. The highest BCUT2D eigenvalue weighted by Crippen LogP contribution is 2.27. The van der Waals surface area contributed by atoms with Crippen molar-refractivity contribution in [2.45, 2.75) is 44.2 Å². The topological polar surface area (TPSA) is 29.9 Å². The smallest absolute Gasteiger partial charge is 0.0643 e. The molecule has 4 heteroatoms. The molecule has 3 nitrogen and oxygen atoms in total. The second kappa shape index (κ2) is 7.66. The molecule has 0 spiro atoms. The molecule has 1 aromatic heterocycles. The van der Waals surface area contributed by atoms with Crippen molar-refractivity contribution in [1.29, 1.82) is 0 Å². The van der Waals surface area contributed by atoms with Crippen LogP contribution >= 0.6 is 11.8 Å². The summed E-state index contributed by atoms with van der Waals surface area (Å²) in [6.45, 7) is 7.42. The van der Waals surface area contributed by atoms with Gasteiger partial charge in [0.05, 0.1) is 5.69 Å². The lowest BCUT2D eigenvalue weighted by Gasteiger charge is -2.20. The molecule has 0 radical (unpaired) electrons. The third-order valence-electron chi connectivity index (χ3n) is 3.57. The highest BCUT2D eigenvalue weighted by molar-refractivity contribution is 7.98. The van der Waals surface area contributed by atoms with Crippen molar-refractivity contribution >= 4 is 11.8 Å². The van der Waals surface area contributed by atoms with Crippen LogP contribution in [0.3, 0.4) is 0 Å². The van der Waals surface area contributed by atoms with Crippen LogP contribution in [0.5, 0.6) is 0 Å². The molecule has 0 bridgehead atoms. The average molecular weight is 303 g/mol. The van der Waals surface area contributed by atoms with Gasteiger partial charge in [-0.05, 0) is 44.3 Å². The Labute approximate surface area is 132 Å². The Morgan fingerprint density at radius 2 is 2.00 bits per heavy atom. The third kappa shape index (κ3) is 4.11. The molecular weight excluding hydrogens is 278 g/mol. The van der Waals surface area contributed by atoms with Crippen molar-refractivity contribution in [3.8, 4) is 0 Å². The van der Waals surface area contributed by atoms with Crippen LogP contribution in [0.2, 0.25) is 0 Å².